The number of thiocarbonyl (C=S) groups is 1. The van der Waals surface area contributed by atoms with Gasteiger partial charge in [0.25, 0.3) is 5.89 Å². The van der Waals surface area contributed by atoms with Crippen molar-refractivity contribution in [3.05, 3.63) is 70.7 Å². The molecule has 1 aliphatic rings. The number of hydrogen-bond donors (Lipinski definition) is 1. The largest absolute Gasteiger partial charge is 0.497 e. The number of ether oxygens (including phenoxy) is 1. The molecule has 1 atom stereocenters. The fraction of sp³-hybridized carbons (Fsp3) is 0.320. The Morgan fingerprint density at radius 1 is 1.18 bits per heavy atom. The molecule has 0 saturated heterocycles. The molecule has 1 aromatic heterocycles. The van der Waals surface area contributed by atoms with Gasteiger partial charge in [0.2, 0.25) is 5.82 Å². The van der Waals surface area contributed by atoms with Crippen molar-refractivity contribution >= 4 is 34.5 Å². The molecule has 0 bridgehead atoms. The Morgan fingerprint density at radius 3 is 2.76 bits per heavy atom. The third kappa shape index (κ3) is 5.04. The molecule has 0 spiro atoms. The summed E-state index contributed by atoms with van der Waals surface area (Å²) in [5.41, 5.74) is 3.70. The van der Waals surface area contributed by atoms with Gasteiger partial charge in [-0.15, -0.1) is 0 Å². The number of nitrogens with zero attached hydrogens (tertiary/aromatic N) is 3. The molecular weight excluding hydrogens is 456 g/mol. The van der Waals surface area contributed by atoms with Crippen LogP contribution >= 0.6 is 23.8 Å². The van der Waals surface area contributed by atoms with E-state index in [9.17, 15) is 0 Å². The number of aromatic nitrogens is 2. The SMILES string of the molecule is CCCCCN1C(=S)NC(c2cccc(OC)c2)C(c2nc(-c3cccc(Cl)c3)no2)=C1C. The molecule has 0 aliphatic carbocycles. The first kappa shape index (κ1) is 23.3. The molecule has 6 nitrogen and oxygen atoms in total. The summed E-state index contributed by atoms with van der Waals surface area (Å²) in [6, 6.07) is 15.1. The van der Waals surface area contributed by atoms with Gasteiger partial charge in [-0.2, -0.15) is 4.98 Å². The summed E-state index contributed by atoms with van der Waals surface area (Å²) >= 11 is 11.9. The average Bonchev–Trinajstić information content (AvgIpc) is 3.30. The molecule has 3 aromatic rings. The molecule has 0 saturated carbocycles. The normalized spacial score (nSPS) is 16.2. The van der Waals surface area contributed by atoms with Crippen LogP contribution in [-0.4, -0.2) is 33.8 Å². The van der Waals surface area contributed by atoms with Crippen molar-refractivity contribution in [3.63, 3.8) is 0 Å². The quantitative estimate of drug-likeness (QED) is 0.300. The first-order valence-electron chi connectivity index (χ1n) is 11.0. The number of allylic oxidation sites excluding steroid dienone is 1. The summed E-state index contributed by atoms with van der Waals surface area (Å²) in [5, 5.41) is 9.04. The van der Waals surface area contributed by atoms with Crippen molar-refractivity contribution in [2.24, 2.45) is 0 Å². The first-order chi connectivity index (χ1) is 16.0. The zero-order valence-electron chi connectivity index (χ0n) is 19.0. The maximum Gasteiger partial charge on any atom is 0.258 e. The van der Waals surface area contributed by atoms with Crippen LogP contribution in [0, 0.1) is 0 Å². The second kappa shape index (κ2) is 10.4. The lowest BCUT2D eigenvalue weighted by molar-refractivity contribution is 0.394. The van der Waals surface area contributed by atoms with Gasteiger partial charge in [-0.3, -0.25) is 0 Å². The van der Waals surface area contributed by atoms with Crippen molar-refractivity contribution < 1.29 is 9.26 Å². The number of benzene rings is 2. The van der Waals surface area contributed by atoms with Gasteiger partial charge in [0.05, 0.1) is 18.7 Å². The van der Waals surface area contributed by atoms with Gasteiger partial charge in [0.15, 0.2) is 5.11 Å². The highest BCUT2D eigenvalue weighted by Gasteiger charge is 2.34. The minimum absolute atomic E-state index is 0.248. The Labute approximate surface area is 204 Å². The van der Waals surface area contributed by atoms with Gasteiger partial charge in [-0.25, -0.2) is 0 Å². The van der Waals surface area contributed by atoms with E-state index in [4.69, 9.17) is 38.1 Å². The maximum absolute atomic E-state index is 6.16. The average molecular weight is 483 g/mol. The lowest BCUT2D eigenvalue weighted by Gasteiger charge is -2.37. The van der Waals surface area contributed by atoms with Crippen LogP contribution in [0.5, 0.6) is 5.75 Å². The summed E-state index contributed by atoms with van der Waals surface area (Å²) in [4.78, 5) is 6.86. The van der Waals surface area contributed by atoms with Crippen LogP contribution in [0.2, 0.25) is 5.02 Å². The molecule has 172 valence electrons. The highest BCUT2D eigenvalue weighted by molar-refractivity contribution is 7.80. The summed E-state index contributed by atoms with van der Waals surface area (Å²) in [6.07, 6.45) is 3.33. The first-order valence-corrected chi connectivity index (χ1v) is 11.8. The van der Waals surface area contributed by atoms with Crippen LogP contribution in [0.25, 0.3) is 17.0 Å². The number of unbranched alkanes of at least 4 members (excludes halogenated alkanes) is 2. The van der Waals surface area contributed by atoms with Crippen LogP contribution in [-0.2, 0) is 0 Å². The fourth-order valence-electron chi connectivity index (χ4n) is 4.00. The van der Waals surface area contributed by atoms with Crippen molar-refractivity contribution in [1.82, 2.24) is 20.4 Å². The molecule has 0 radical (unpaired) electrons. The maximum atomic E-state index is 6.16. The minimum atomic E-state index is -0.248. The fourth-order valence-corrected chi connectivity index (χ4v) is 4.53. The molecular formula is C25H27ClN4O2S. The van der Waals surface area contributed by atoms with Gasteiger partial charge >= 0.3 is 0 Å². The molecule has 4 rings (SSSR count). The standard InChI is InChI=1S/C25H27ClN4O2S/c1-4-5-6-13-30-16(2)21(22(27-25(30)33)17-9-8-12-20(15-17)31-3)24-28-23(29-32-24)18-10-7-11-19(26)14-18/h7-12,14-15,22H,4-6,13H2,1-3H3,(H,27,33). The molecule has 1 N–H and O–H groups in total. The molecule has 2 aromatic carbocycles. The van der Waals surface area contributed by atoms with E-state index in [1.807, 2.05) is 48.5 Å². The Balaban J connectivity index is 1.78. The van der Waals surface area contributed by atoms with Crippen LogP contribution in [0.15, 0.2) is 58.8 Å². The van der Waals surface area contributed by atoms with Crippen LogP contribution in [0.1, 0.15) is 50.6 Å². The van der Waals surface area contributed by atoms with Gasteiger partial charge in [-0.05, 0) is 55.4 Å². The number of halogens is 1. The van der Waals surface area contributed by atoms with E-state index in [0.717, 1.165) is 54.0 Å². The number of hydrogen-bond acceptors (Lipinski definition) is 5. The van der Waals surface area contributed by atoms with E-state index in [1.165, 1.54) is 0 Å². The molecule has 33 heavy (non-hydrogen) atoms. The molecule has 8 heteroatoms. The van der Waals surface area contributed by atoms with Gasteiger partial charge < -0.3 is 19.5 Å². The number of nitrogens with one attached hydrogen (secondary N) is 1. The van der Waals surface area contributed by atoms with Gasteiger partial charge in [0, 0.05) is 22.8 Å². The Kier molecular flexibility index (Phi) is 7.30. The topological polar surface area (TPSA) is 63.4 Å². The van der Waals surface area contributed by atoms with E-state index >= 15 is 0 Å². The van der Waals surface area contributed by atoms with E-state index in [-0.39, 0.29) is 6.04 Å². The van der Waals surface area contributed by atoms with E-state index in [0.29, 0.717) is 21.9 Å². The number of rotatable bonds is 8. The third-order valence-corrected chi connectivity index (χ3v) is 6.32. The predicted octanol–water partition coefficient (Wildman–Crippen LogP) is 6.25. The van der Waals surface area contributed by atoms with Crippen LogP contribution in [0.3, 0.4) is 0 Å². The molecule has 1 aliphatic heterocycles. The zero-order valence-corrected chi connectivity index (χ0v) is 20.5. The zero-order chi connectivity index (χ0) is 23.4. The second-order valence-electron chi connectivity index (χ2n) is 7.95. The van der Waals surface area contributed by atoms with Crippen LogP contribution in [0.4, 0.5) is 0 Å². The molecule has 2 heterocycles. The summed E-state index contributed by atoms with van der Waals surface area (Å²) in [5.74, 6) is 1.71. The lowest BCUT2D eigenvalue weighted by Crippen LogP contribution is -2.46. The van der Waals surface area contributed by atoms with Crippen LogP contribution < -0.4 is 10.1 Å². The monoisotopic (exact) mass is 482 g/mol. The van der Waals surface area contributed by atoms with Crippen molar-refractivity contribution in [3.8, 4) is 17.1 Å². The van der Waals surface area contributed by atoms with Crippen molar-refractivity contribution in [1.29, 1.82) is 0 Å². The van der Waals surface area contributed by atoms with Gasteiger partial charge in [0.1, 0.15) is 5.75 Å². The minimum Gasteiger partial charge on any atom is -0.497 e. The molecule has 0 amide bonds. The van der Waals surface area contributed by atoms with Crippen molar-refractivity contribution in [2.75, 3.05) is 13.7 Å². The Morgan fingerprint density at radius 2 is 2.00 bits per heavy atom. The Bertz CT molecular complexity index is 1180. The summed E-state index contributed by atoms with van der Waals surface area (Å²) in [6.45, 7) is 5.08. The Hall–Kier alpha value is -2.90. The predicted molar refractivity (Wildman–Crippen MR) is 135 cm³/mol. The summed E-state index contributed by atoms with van der Waals surface area (Å²) in [7, 11) is 1.66. The van der Waals surface area contributed by atoms with Gasteiger partial charge in [-0.1, -0.05) is 60.8 Å². The van der Waals surface area contributed by atoms with E-state index in [2.05, 4.69) is 29.2 Å². The lowest BCUT2D eigenvalue weighted by atomic mass is 9.94. The molecule has 0 fully saturated rings. The van der Waals surface area contributed by atoms with E-state index in [1.54, 1.807) is 7.11 Å². The highest BCUT2D eigenvalue weighted by Crippen LogP contribution is 2.38. The smallest absolute Gasteiger partial charge is 0.258 e. The van der Waals surface area contributed by atoms with Crippen molar-refractivity contribution in [2.45, 2.75) is 39.2 Å². The third-order valence-electron chi connectivity index (χ3n) is 5.75. The number of methoxy groups -OCH3 is 1. The van der Waals surface area contributed by atoms with E-state index < -0.39 is 0 Å². The highest BCUT2D eigenvalue weighted by atomic mass is 35.5. The molecule has 1 unspecified atom stereocenters. The second-order valence-corrected chi connectivity index (χ2v) is 8.77. The summed E-state index contributed by atoms with van der Waals surface area (Å²) < 4.78 is 11.2.